The first-order valence-electron chi connectivity index (χ1n) is 3.20. The molecule has 0 heterocycles. The number of hydrogen-bond acceptors (Lipinski definition) is 3. The van der Waals surface area contributed by atoms with Crippen molar-refractivity contribution in [1.82, 2.24) is 0 Å². The maximum Gasteiger partial charge on any atom is 0.262 e. The van der Waals surface area contributed by atoms with E-state index in [1.54, 1.807) is 6.07 Å². The molecular weight excluding hydrogens is 269 g/mol. The SMILES string of the molecule is N#Cc1c(Cl)ccc(S(=O)(=O)Cl)c1Cl. The summed E-state index contributed by atoms with van der Waals surface area (Å²) in [5.41, 5.74) is -0.102. The zero-order valence-electron chi connectivity index (χ0n) is 6.46. The van der Waals surface area contributed by atoms with E-state index < -0.39 is 9.05 Å². The van der Waals surface area contributed by atoms with E-state index in [1.807, 2.05) is 0 Å². The first-order valence-corrected chi connectivity index (χ1v) is 6.27. The molecule has 1 rings (SSSR count). The molecule has 0 atom stereocenters. The lowest BCUT2D eigenvalue weighted by Crippen LogP contribution is -1.94. The second-order valence-electron chi connectivity index (χ2n) is 2.28. The van der Waals surface area contributed by atoms with Gasteiger partial charge in [0, 0.05) is 10.7 Å². The molecule has 0 aliphatic carbocycles. The highest BCUT2D eigenvalue weighted by Crippen LogP contribution is 2.31. The van der Waals surface area contributed by atoms with Crippen LogP contribution in [0.3, 0.4) is 0 Å². The predicted octanol–water partition coefficient (Wildman–Crippen LogP) is 2.79. The van der Waals surface area contributed by atoms with Gasteiger partial charge >= 0.3 is 0 Å². The summed E-state index contributed by atoms with van der Waals surface area (Å²) >= 11 is 11.2. The lowest BCUT2D eigenvalue weighted by atomic mass is 10.2. The smallest absolute Gasteiger partial charge is 0.207 e. The normalized spacial score (nSPS) is 11.0. The average molecular weight is 271 g/mol. The monoisotopic (exact) mass is 269 g/mol. The van der Waals surface area contributed by atoms with Crippen LogP contribution in [-0.2, 0) is 9.05 Å². The van der Waals surface area contributed by atoms with Gasteiger partial charge in [0.15, 0.2) is 0 Å². The van der Waals surface area contributed by atoms with Crippen molar-refractivity contribution < 1.29 is 8.42 Å². The van der Waals surface area contributed by atoms with E-state index in [2.05, 4.69) is 0 Å². The van der Waals surface area contributed by atoms with Crippen LogP contribution in [0.25, 0.3) is 0 Å². The van der Waals surface area contributed by atoms with E-state index >= 15 is 0 Å². The van der Waals surface area contributed by atoms with Crippen molar-refractivity contribution in [2.75, 3.05) is 0 Å². The van der Waals surface area contributed by atoms with Gasteiger partial charge in [-0.3, -0.25) is 0 Å². The van der Waals surface area contributed by atoms with Gasteiger partial charge in [-0.1, -0.05) is 23.2 Å². The van der Waals surface area contributed by atoms with Crippen molar-refractivity contribution in [2.45, 2.75) is 4.90 Å². The second kappa shape index (κ2) is 3.95. The van der Waals surface area contributed by atoms with Crippen molar-refractivity contribution in [1.29, 1.82) is 5.26 Å². The molecule has 14 heavy (non-hydrogen) atoms. The van der Waals surface area contributed by atoms with Gasteiger partial charge in [-0.15, -0.1) is 0 Å². The lowest BCUT2D eigenvalue weighted by molar-refractivity contribution is 0.609. The average Bonchev–Trinajstić information content (AvgIpc) is 2.02. The number of halogens is 3. The molecule has 0 unspecified atom stereocenters. The molecule has 0 N–H and O–H groups in total. The van der Waals surface area contributed by atoms with Crippen molar-refractivity contribution in [3.63, 3.8) is 0 Å². The molecule has 0 saturated carbocycles. The fraction of sp³-hybridized carbons (Fsp3) is 0. The van der Waals surface area contributed by atoms with Crippen molar-refractivity contribution >= 4 is 42.9 Å². The third kappa shape index (κ3) is 2.12. The van der Waals surface area contributed by atoms with Crippen molar-refractivity contribution in [2.24, 2.45) is 0 Å². The van der Waals surface area contributed by atoms with Gasteiger partial charge in [0.2, 0.25) is 0 Å². The predicted molar refractivity (Wildman–Crippen MR) is 54.2 cm³/mol. The first-order chi connectivity index (χ1) is 6.38. The Bertz CT molecular complexity index is 518. The highest BCUT2D eigenvalue weighted by Gasteiger charge is 2.19. The molecule has 0 aliphatic rings. The molecule has 0 saturated heterocycles. The van der Waals surface area contributed by atoms with Crippen LogP contribution >= 0.6 is 33.9 Å². The summed E-state index contributed by atoms with van der Waals surface area (Å²) < 4.78 is 21.9. The van der Waals surface area contributed by atoms with Crippen molar-refractivity contribution in [3.8, 4) is 6.07 Å². The molecule has 0 aliphatic heterocycles. The Hall–Kier alpha value is -0.470. The largest absolute Gasteiger partial charge is 0.262 e. The molecular formula is C7H2Cl3NO2S. The zero-order valence-corrected chi connectivity index (χ0v) is 9.54. The van der Waals surface area contributed by atoms with Crippen LogP contribution in [0, 0.1) is 11.3 Å². The first kappa shape index (κ1) is 11.6. The third-order valence-electron chi connectivity index (χ3n) is 1.43. The van der Waals surface area contributed by atoms with Crippen LogP contribution in [0.5, 0.6) is 0 Å². The van der Waals surface area contributed by atoms with Crippen LogP contribution in [0.2, 0.25) is 10.0 Å². The summed E-state index contributed by atoms with van der Waals surface area (Å²) in [4.78, 5) is -0.318. The minimum atomic E-state index is -3.95. The Kier molecular flexibility index (Phi) is 3.28. The molecule has 0 fully saturated rings. The minimum absolute atomic E-state index is 0.0848. The Morgan fingerprint density at radius 2 is 1.86 bits per heavy atom. The van der Waals surface area contributed by atoms with E-state index in [0.717, 1.165) is 6.07 Å². The zero-order chi connectivity index (χ0) is 10.9. The maximum atomic E-state index is 11.0. The fourth-order valence-electron chi connectivity index (χ4n) is 0.824. The molecule has 3 nitrogen and oxygen atoms in total. The Morgan fingerprint density at radius 3 is 2.29 bits per heavy atom. The molecule has 0 radical (unpaired) electrons. The summed E-state index contributed by atoms with van der Waals surface area (Å²) in [6.07, 6.45) is 0. The van der Waals surface area contributed by atoms with Gasteiger partial charge in [0.1, 0.15) is 11.0 Å². The van der Waals surface area contributed by atoms with Gasteiger partial charge in [0.25, 0.3) is 9.05 Å². The number of nitrogens with zero attached hydrogens (tertiary/aromatic N) is 1. The summed E-state index contributed by atoms with van der Waals surface area (Å²) in [5.74, 6) is 0. The molecule has 0 amide bonds. The molecule has 1 aromatic carbocycles. The maximum absolute atomic E-state index is 11.0. The van der Waals surface area contributed by atoms with E-state index in [4.69, 9.17) is 39.1 Å². The molecule has 0 bridgehead atoms. The molecule has 0 aromatic heterocycles. The third-order valence-corrected chi connectivity index (χ3v) is 3.61. The van der Waals surface area contributed by atoms with Crippen LogP contribution in [-0.4, -0.2) is 8.42 Å². The quantitative estimate of drug-likeness (QED) is 0.737. The van der Waals surface area contributed by atoms with Gasteiger partial charge in [-0.05, 0) is 12.1 Å². The highest BCUT2D eigenvalue weighted by molar-refractivity contribution is 8.13. The fourth-order valence-corrected chi connectivity index (χ4v) is 2.63. The van der Waals surface area contributed by atoms with Crippen LogP contribution in [0.4, 0.5) is 0 Å². The highest BCUT2D eigenvalue weighted by atomic mass is 35.7. The summed E-state index contributed by atoms with van der Waals surface area (Å²) in [6.45, 7) is 0. The standard InChI is InChI=1S/C7H2Cl3NO2S/c8-5-1-2-6(14(10,12)13)7(9)4(5)3-11/h1-2H. The molecule has 7 heteroatoms. The number of nitriles is 1. The minimum Gasteiger partial charge on any atom is -0.207 e. The summed E-state index contributed by atoms with van der Waals surface area (Å²) in [6, 6.07) is 4.09. The molecule has 0 spiro atoms. The number of benzene rings is 1. The topological polar surface area (TPSA) is 57.9 Å². The van der Waals surface area contributed by atoms with Gasteiger partial charge < -0.3 is 0 Å². The van der Waals surface area contributed by atoms with Gasteiger partial charge in [0.05, 0.1) is 15.6 Å². The van der Waals surface area contributed by atoms with Crippen molar-refractivity contribution in [3.05, 3.63) is 27.7 Å². The van der Waals surface area contributed by atoms with Crippen LogP contribution in [0.15, 0.2) is 17.0 Å². The Morgan fingerprint density at radius 1 is 1.29 bits per heavy atom. The van der Waals surface area contributed by atoms with E-state index in [0.29, 0.717) is 0 Å². The van der Waals surface area contributed by atoms with E-state index in [9.17, 15) is 8.42 Å². The van der Waals surface area contributed by atoms with Gasteiger partial charge in [-0.2, -0.15) is 5.26 Å². The molecule has 1 aromatic rings. The Balaban J connectivity index is 3.62. The molecule has 74 valence electrons. The van der Waals surface area contributed by atoms with E-state index in [-0.39, 0.29) is 20.5 Å². The van der Waals surface area contributed by atoms with Gasteiger partial charge in [-0.25, -0.2) is 8.42 Å². The number of hydrogen-bond donors (Lipinski definition) is 0. The van der Waals surface area contributed by atoms with Crippen LogP contribution in [0.1, 0.15) is 5.56 Å². The number of rotatable bonds is 1. The Labute approximate surface area is 95.2 Å². The summed E-state index contributed by atoms with van der Waals surface area (Å²) in [5, 5.41) is 8.46. The summed E-state index contributed by atoms with van der Waals surface area (Å²) in [7, 11) is 1.13. The van der Waals surface area contributed by atoms with E-state index in [1.165, 1.54) is 6.07 Å². The van der Waals surface area contributed by atoms with Crippen LogP contribution < -0.4 is 0 Å². The lowest BCUT2D eigenvalue weighted by Gasteiger charge is -2.02. The second-order valence-corrected chi connectivity index (χ2v) is 5.60.